The van der Waals surface area contributed by atoms with Gasteiger partial charge in [-0.15, -0.1) is 0 Å². The Bertz CT molecular complexity index is 751. The summed E-state index contributed by atoms with van der Waals surface area (Å²) < 4.78 is 17.8. The number of nitrogens with zero attached hydrogens (tertiary/aromatic N) is 2. The summed E-state index contributed by atoms with van der Waals surface area (Å²) in [7, 11) is 3.27. The summed E-state index contributed by atoms with van der Waals surface area (Å²) in [5.74, 6) is 2.92. The zero-order valence-corrected chi connectivity index (χ0v) is 12.4. The van der Waals surface area contributed by atoms with E-state index in [0.29, 0.717) is 11.5 Å². The van der Waals surface area contributed by atoms with Crippen LogP contribution in [0, 0.1) is 0 Å². The fourth-order valence-electron chi connectivity index (χ4n) is 2.04. The van der Waals surface area contributed by atoms with Gasteiger partial charge in [0.2, 0.25) is 0 Å². The molecule has 0 saturated carbocycles. The number of hydrogen-bond acceptors (Lipinski definition) is 4. The molecule has 0 N–H and O–H groups in total. The highest BCUT2D eigenvalue weighted by Gasteiger charge is 2.04. The Morgan fingerprint density at radius 2 is 1.55 bits per heavy atom. The Morgan fingerprint density at radius 1 is 0.818 bits per heavy atom. The van der Waals surface area contributed by atoms with Crippen LogP contribution in [0.3, 0.4) is 0 Å². The van der Waals surface area contributed by atoms with E-state index in [1.165, 1.54) is 0 Å². The second-order valence-electron chi connectivity index (χ2n) is 4.60. The van der Waals surface area contributed by atoms with Crippen LogP contribution < -0.4 is 14.2 Å². The molecular formula is C17H16N2O3. The third-order valence-electron chi connectivity index (χ3n) is 3.17. The van der Waals surface area contributed by atoms with Crippen molar-refractivity contribution in [3.8, 4) is 28.7 Å². The van der Waals surface area contributed by atoms with E-state index in [4.69, 9.17) is 14.2 Å². The highest BCUT2D eigenvalue weighted by atomic mass is 16.5. The molecule has 112 valence electrons. The summed E-state index contributed by atoms with van der Waals surface area (Å²) in [4.78, 5) is 0. The molecule has 22 heavy (non-hydrogen) atoms. The third-order valence-corrected chi connectivity index (χ3v) is 3.17. The molecule has 5 heteroatoms. The zero-order chi connectivity index (χ0) is 15.4. The van der Waals surface area contributed by atoms with Gasteiger partial charge in [-0.05, 0) is 36.4 Å². The maximum absolute atomic E-state index is 5.78. The van der Waals surface area contributed by atoms with Crippen LogP contribution >= 0.6 is 0 Å². The molecule has 0 fully saturated rings. The lowest BCUT2D eigenvalue weighted by Gasteiger charge is -2.05. The van der Waals surface area contributed by atoms with Crippen molar-refractivity contribution in [1.82, 2.24) is 9.78 Å². The minimum Gasteiger partial charge on any atom is -0.497 e. The smallest absolute Gasteiger partial charge is 0.165 e. The lowest BCUT2D eigenvalue weighted by atomic mass is 10.3. The summed E-state index contributed by atoms with van der Waals surface area (Å²) in [5, 5.41) is 4.30. The SMILES string of the molecule is COc1ccc(-n2cc(Oc3cccc(OC)c3)cn2)cc1. The van der Waals surface area contributed by atoms with Crippen LogP contribution in [0.5, 0.6) is 23.0 Å². The molecule has 0 atom stereocenters. The molecule has 0 bridgehead atoms. The van der Waals surface area contributed by atoms with Crippen LogP contribution in [-0.2, 0) is 0 Å². The zero-order valence-electron chi connectivity index (χ0n) is 12.4. The van der Waals surface area contributed by atoms with E-state index in [0.717, 1.165) is 17.2 Å². The first-order valence-electron chi connectivity index (χ1n) is 6.79. The number of methoxy groups -OCH3 is 2. The highest BCUT2D eigenvalue weighted by molar-refractivity contribution is 5.39. The van der Waals surface area contributed by atoms with E-state index in [1.54, 1.807) is 25.1 Å². The van der Waals surface area contributed by atoms with Crippen molar-refractivity contribution in [3.63, 3.8) is 0 Å². The summed E-state index contributed by atoms with van der Waals surface area (Å²) >= 11 is 0. The fraction of sp³-hybridized carbons (Fsp3) is 0.118. The molecule has 0 spiro atoms. The Hall–Kier alpha value is -2.95. The molecule has 0 unspecified atom stereocenters. The molecule has 0 saturated heterocycles. The Labute approximate surface area is 128 Å². The minimum atomic E-state index is 0.657. The average Bonchev–Trinajstić information content (AvgIpc) is 3.03. The fourth-order valence-corrected chi connectivity index (χ4v) is 2.04. The molecule has 0 radical (unpaired) electrons. The molecule has 0 aliphatic heterocycles. The van der Waals surface area contributed by atoms with Gasteiger partial charge >= 0.3 is 0 Å². The van der Waals surface area contributed by atoms with E-state index in [1.807, 2.05) is 54.7 Å². The van der Waals surface area contributed by atoms with Crippen molar-refractivity contribution in [3.05, 3.63) is 60.9 Å². The quantitative estimate of drug-likeness (QED) is 0.720. The van der Waals surface area contributed by atoms with Gasteiger partial charge in [-0.3, -0.25) is 0 Å². The summed E-state index contributed by atoms with van der Waals surface area (Å²) in [6.45, 7) is 0. The van der Waals surface area contributed by atoms with Crippen molar-refractivity contribution in [2.75, 3.05) is 14.2 Å². The van der Waals surface area contributed by atoms with Gasteiger partial charge in [0.25, 0.3) is 0 Å². The van der Waals surface area contributed by atoms with E-state index in [2.05, 4.69) is 5.10 Å². The Balaban J connectivity index is 1.77. The van der Waals surface area contributed by atoms with Gasteiger partial charge in [0.1, 0.15) is 17.2 Å². The Morgan fingerprint density at radius 3 is 2.27 bits per heavy atom. The average molecular weight is 296 g/mol. The number of ether oxygens (including phenoxy) is 3. The van der Waals surface area contributed by atoms with Crippen LogP contribution in [0.4, 0.5) is 0 Å². The highest BCUT2D eigenvalue weighted by Crippen LogP contribution is 2.25. The molecular weight excluding hydrogens is 280 g/mol. The molecule has 1 aromatic heterocycles. The third kappa shape index (κ3) is 3.03. The normalized spacial score (nSPS) is 10.3. The van der Waals surface area contributed by atoms with E-state index in [9.17, 15) is 0 Å². The topological polar surface area (TPSA) is 45.5 Å². The summed E-state index contributed by atoms with van der Waals surface area (Å²) in [5.41, 5.74) is 0.932. The van der Waals surface area contributed by atoms with Crippen LogP contribution in [0.1, 0.15) is 0 Å². The van der Waals surface area contributed by atoms with Gasteiger partial charge in [0.15, 0.2) is 5.75 Å². The number of benzene rings is 2. The number of aromatic nitrogens is 2. The monoisotopic (exact) mass is 296 g/mol. The molecule has 3 rings (SSSR count). The maximum atomic E-state index is 5.78. The largest absolute Gasteiger partial charge is 0.497 e. The first-order chi connectivity index (χ1) is 10.8. The summed E-state index contributed by atoms with van der Waals surface area (Å²) in [6.07, 6.45) is 3.49. The predicted octanol–water partition coefficient (Wildman–Crippen LogP) is 3.68. The van der Waals surface area contributed by atoms with Crippen molar-refractivity contribution in [1.29, 1.82) is 0 Å². The van der Waals surface area contributed by atoms with Crippen LogP contribution in [-0.4, -0.2) is 24.0 Å². The second-order valence-corrected chi connectivity index (χ2v) is 4.60. The molecule has 1 heterocycles. The van der Waals surface area contributed by atoms with Gasteiger partial charge < -0.3 is 14.2 Å². The number of rotatable bonds is 5. The van der Waals surface area contributed by atoms with E-state index >= 15 is 0 Å². The molecule has 0 aliphatic rings. The molecule has 5 nitrogen and oxygen atoms in total. The van der Waals surface area contributed by atoms with Crippen molar-refractivity contribution in [2.24, 2.45) is 0 Å². The molecule has 2 aromatic carbocycles. The van der Waals surface area contributed by atoms with Crippen molar-refractivity contribution >= 4 is 0 Å². The first-order valence-corrected chi connectivity index (χ1v) is 6.79. The van der Waals surface area contributed by atoms with Gasteiger partial charge in [0, 0.05) is 6.07 Å². The van der Waals surface area contributed by atoms with Crippen molar-refractivity contribution < 1.29 is 14.2 Å². The van der Waals surface area contributed by atoms with Gasteiger partial charge in [0.05, 0.1) is 32.3 Å². The second kappa shape index (κ2) is 6.22. The van der Waals surface area contributed by atoms with Crippen LogP contribution in [0.25, 0.3) is 5.69 Å². The standard InChI is InChI=1S/C17H16N2O3/c1-20-14-8-6-13(7-9-14)19-12-17(11-18-19)22-16-5-3-4-15(10-16)21-2/h3-12H,1-2H3. The van der Waals surface area contributed by atoms with E-state index < -0.39 is 0 Å². The number of hydrogen-bond donors (Lipinski definition) is 0. The van der Waals surface area contributed by atoms with E-state index in [-0.39, 0.29) is 0 Å². The molecule has 3 aromatic rings. The molecule has 0 amide bonds. The summed E-state index contributed by atoms with van der Waals surface area (Å²) in [6, 6.07) is 15.1. The lowest BCUT2D eigenvalue weighted by molar-refractivity contribution is 0.409. The predicted molar refractivity (Wildman–Crippen MR) is 83.2 cm³/mol. The van der Waals surface area contributed by atoms with Crippen LogP contribution in [0.2, 0.25) is 0 Å². The van der Waals surface area contributed by atoms with Crippen LogP contribution in [0.15, 0.2) is 60.9 Å². The van der Waals surface area contributed by atoms with Crippen molar-refractivity contribution in [2.45, 2.75) is 0 Å². The van der Waals surface area contributed by atoms with Gasteiger partial charge in [-0.2, -0.15) is 5.10 Å². The minimum absolute atomic E-state index is 0.657. The molecule has 0 aliphatic carbocycles. The lowest BCUT2D eigenvalue weighted by Crippen LogP contribution is -1.93. The first kappa shape index (κ1) is 14.0. The van der Waals surface area contributed by atoms with Gasteiger partial charge in [-0.1, -0.05) is 6.07 Å². The maximum Gasteiger partial charge on any atom is 0.165 e. The Kier molecular flexibility index (Phi) is 3.96. The van der Waals surface area contributed by atoms with Gasteiger partial charge in [-0.25, -0.2) is 4.68 Å².